The molecule has 0 radical (unpaired) electrons. The molecular weight excluding hydrogens is 197 g/mol. The highest BCUT2D eigenvalue weighted by atomic mass is 35.5. The van der Waals surface area contributed by atoms with Crippen molar-refractivity contribution in [2.45, 2.75) is 0 Å². The minimum absolute atomic E-state index is 0. The molecule has 3 N–H and O–H groups in total. The molecule has 0 aromatic heterocycles. The number of aromatic hydroxyl groups is 1. The van der Waals surface area contributed by atoms with Gasteiger partial charge in [0.15, 0.2) is 5.78 Å². The van der Waals surface area contributed by atoms with Crippen LogP contribution in [-0.4, -0.2) is 17.4 Å². The van der Waals surface area contributed by atoms with E-state index in [0.717, 1.165) is 18.2 Å². The molecule has 0 unspecified atom stereocenters. The first-order chi connectivity index (χ1) is 5.65. The average Bonchev–Trinajstić information content (AvgIpc) is 2.08. The minimum Gasteiger partial charge on any atom is -0.507 e. The van der Waals surface area contributed by atoms with Crippen LogP contribution in [0.15, 0.2) is 18.2 Å². The van der Waals surface area contributed by atoms with Gasteiger partial charge in [-0.2, -0.15) is 0 Å². The van der Waals surface area contributed by atoms with Gasteiger partial charge in [0.05, 0.1) is 12.1 Å². The summed E-state index contributed by atoms with van der Waals surface area (Å²) in [7, 11) is 0. The Morgan fingerprint density at radius 3 is 2.69 bits per heavy atom. The first-order valence-electron chi connectivity index (χ1n) is 3.37. The van der Waals surface area contributed by atoms with Gasteiger partial charge in [-0.25, -0.2) is 4.39 Å². The van der Waals surface area contributed by atoms with Gasteiger partial charge in [-0.15, -0.1) is 12.4 Å². The van der Waals surface area contributed by atoms with Crippen LogP contribution in [0, 0.1) is 5.82 Å². The molecule has 0 aliphatic heterocycles. The van der Waals surface area contributed by atoms with Crippen LogP contribution in [0.5, 0.6) is 5.75 Å². The molecule has 0 aliphatic rings. The quantitative estimate of drug-likeness (QED) is 0.711. The Kier molecular flexibility index (Phi) is 4.37. The minimum atomic E-state index is -0.565. The van der Waals surface area contributed by atoms with E-state index in [-0.39, 0.29) is 30.3 Å². The number of halogens is 2. The molecule has 0 saturated heterocycles. The molecule has 0 atom stereocenters. The van der Waals surface area contributed by atoms with E-state index < -0.39 is 11.6 Å². The van der Waals surface area contributed by atoms with Crippen molar-refractivity contribution < 1.29 is 14.3 Å². The normalized spacial score (nSPS) is 9.08. The van der Waals surface area contributed by atoms with Gasteiger partial charge in [0.25, 0.3) is 0 Å². The van der Waals surface area contributed by atoms with Crippen LogP contribution >= 0.6 is 12.4 Å². The zero-order chi connectivity index (χ0) is 9.14. The summed E-state index contributed by atoms with van der Waals surface area (Å²) in [6.45, 7) is -0.239. The monoisotopic (exact) mass is 205 g/mol. The van der Waals surface area contributed by atoms with Gasteiger partial charge in [-0.05, 0) is 18.2 Å². The van der Waals surface area contributed by atoms with E-state index in [9.17, 15) is 9.18 Å². The summed E-state index contributed by atoms with van der Waals surface area (Å²) in [5.41, 5.74) is 4.97. The van der Waals surface area contributed by atoms with Crippen molar-refractivity contribution in [2.75, 3.05) is 6.54 Å². The molecule has 3 nitrogen and oxygen atoms in total. The smallest absolute Gasteiger partial charge is 0.180 e. The Morgan fingerprint density at radius 1 is 1.54 bits per heavy atom. The number of Topliss-reactive ketones (excluding diaryl/α,β-unsaturated/α-hetero) is 1. The molecule has 13 heavy (non-hydrogen) atoms. The maximum absolute atomic E-state index is 12.5. The third-order valence-corrected chi connectivity index (χ3v) is 1.44. The predicted octanol–water partition coefficient (Wildman–Crippen LogP) is 1.09. The van der Waals surface area contributed by atoms with Gasteiger partial charge in [0.1, 0.15) is 11.6 Å². The Hall–Kier alpha value is -1.13. The number of ketones is 1. The second-order valence-corrected chi connectivity index (χ2v) is 2.29. The summed E-state index contributed by atoms with van der Waals surface area (Å²) in [4.78, 5) is 10.9. The summed E-state index contributed by atoms with van der Waals surface area (Å²) in [6, 6.07) is 3.16. The third-order valence-electron chi connectivity index (χ3n) is 1.44. The van der Waals surface area contributed by atoms with Crippen LogP contribution in [0.3, 0.4) is 0 Å². The number of rotatable bonds is 2. The fraction of sp³-hybridized carbons (Fsp3) is 0.125. The number of phenolic OH excluding ortho intramolecular Hbond substituents is 1. The number of benzene rings is 1. The summed E-state index contributed by atoms with van der Waals surface area (Å²) < 4.78 is 12.5. The topological polar surface area (TPSA) is 63.3 Å². The van der Waals surface area contributed by atoms with Crippen LogP contribution in [0.1, 0.15) is 10.4 Å². The molecule has 0 aliphatic carbocycles. The molecule has 1 aromatic carbocycles. The SMILES string of the molecule is Cl.NCC(=O)c1cc(F)ccc1O. The van der Waals surface area contributed by atoms with Crippen LogP contribution in [0.25, 0.3) is 0 Å². The van der Waals surface area contributed by atoms with Crippen molar-refractivity contribution in [3.63, 3.8) is 0 Å². The highest BCUT2D eigenvalue weighted by Gasteiger charge is 2.09. The zero-order valence-corrected chi connectivity index (χ0v) is 7.47. The predicted molar refractivity (Wildman–Crippen MR) is 48.7 cm³/mol. The van der Waals surface area contributed by atoms with E-state index in [1.54, 1.807) is 0 Å². The largest absolute Gasteiger partial charge is 0.507 e. The van der Waals surface area contributed by atoms with Crippen molar-refractivity contribution in [1.82, 2.24) is 0 Å². The van der Waals surface area contributed by atoms with E-state index in [2.05, 4.69) is 0 Å². The van der Waals surface area contributed by atoms with Crippen LogP contribution in [-0.2, 0) is 0 Å². The first-order valence-corrected chi connectivity index (χ1v) is 3.37. The van der Waals surface area contributed by atoms with E-state index in [4.69, 9.17) is 10.8 Å². The highest BCUT2D eigenvalue weighted by molar-refractivity contribution is 5.99. The van der Waals surface area contributed by atoms with E-state index in [1.165, 1.54) is 0 Å². The number of phenols is 1. The van der Waals surface area contributed by atoms with E-state index in [1.807, 2.05) is 0 Å². The van der Waals surface area contributed by atoms with Gasteiger partial charge in [-0.3, -0.25) is 4.79 Å². The number of nitrogens with two attached hydrogens (primary N) is 1. The van der Waals surface area contributed by atoms with E-state index >= 15 is 0 Å². The number of hydrogen-bond acceptors (Lipinski definition) is 3. The second-order valence-electron chi connectivity index (χ2n) is 2.29. The zero-order valence-electron chi connectivity index (χ0n) is 6.66. The number of carbonyl (C=O) groups is 1. The van der Waals surface area contributed by atoms with Crippen molar-refractivity contribution in [3.8, 4) is 5.75 Å². The summed E-state index contributed by atoms with van der Waals surface area (Å²) in [5.74, 6) is -1.29. The van der Waals surface area contributed by atoms with Gasteiger partial charge >= 0.3 is 0 Å². The van der Waals surface area contributed by atoms with E-state index in [0.29, 0.717) is 0 Å². The van der Waals surface area contributed by atoms with Gasteiger partial charge in [0, 0.05) is 0 Å². The lowest BCUT2D eigenvalue weighted by atomic mass is 10.1. The van der Waals surface area contributed by atoms with Crippen LogP contribution in [0.4, 0.5) is 4.39 Å². The molecule has 0 saturated carbocycles. The second kappa shape index (κ2) is 4.79. The molecule has 1 rings (SSSR count). The third kappa shape index (κ3) is 2.68. The Labute approximate surface area is 80.8 Å². The maximum atomic E-state index is 12.5. The van der Waals surface area contributed by atoms with Crippen molar-refractivity contribution in [2.24, 2.45) is 5.73 Å². The molecular formula is C8H9ClFNO2. The van der Waals surface area contributed by atoms with Gasteiger partial charge < -0.3 is 10.8 Å². The highest BCUT2D eigenvalue weighted by Crippen LogP contribution is 2.17. The lowest BCUT2D eigenvalue weighted by molar-refractivity contribution is 0.0998. The van der Waals surface area contributed by atoms with Crippen LogP contribution in [0.2, 0.25) is 0 Å². The molecule has 72 valence electrons. The Balaban J connectivity index is 0.00000144. The van der Waals surface area contributed by atoms with Crippen molar-refractivity contribution >= 4 is 18.2 Å². The maximum Gasteiger partial charge on any atom is 0.180 e. The fourth-order valence-corrected chi connectivity index (χ4v) is 0.842. The standard InChI is InChI=1S/C8H8FNO2.ClH/c9-5-1-2-7(11)6(3-5)8(12)4-10;/h1-3,11H,4,10H2;1H. The fourth-order valence-electron chi connectivity index (χ4n) is 0.842. The lowest BCUT2D eigenvalue weighted by Crippen LogP contribution is -2.13. The molecule has 0 fully saturated rings. The summed E-state index contributed by atoms with van der Waals surface area (Å²) in [6.07, 6.45) is 0. The Bertz CT molecular complexity index is 317. The number of carbonyl (C=O) groups excluding carboxylic acids is 1. The molecule has 0 amide bonds. The van der Waals surface area contributed by atoms with Crippen molar-refractivity contribution in [3.05, 3.63) is 29.6 Å². The molecule has 0 heterocycles. The summed E-state index contributed by atoms with van der Waals surface area (Å²) >= 11 is 0. The molecule has 0 spiro atoms. The lowest BCUT2D eigenvalue weighted by Gasteiger charge is -2.00. The first kappa shape index (κ1) is 11.9. The molecule has 5 heteroatoms. The summed E-state index contributed by atoms with van der Waals surface area (Å²) in [5, 5.41) is 9.09. The molecule has 1 aromatic rings. The number of hydrogen-bond donors (Lipinski definition) is 2. The Morgan fingerprint density at radius 2 is 2.15 bits per heavy atom. The average molecular weight is 206 g/mol. The van der Waals surface area contributed by atoms with Gasteiger partial charge in [-0.1, -0.05) is 0 Å². The van der Waals surface area contributed by atoms with Crippen LogP contribution < -0.4 is 5.73 Å². The molecule has 0 bridgehead atoms. The van der Waals surface area contributed by atoms with Gasteiger partial charge in [0.2, 0.25) is 0 Å². The van der Waals surface area contributed by atoms with Crippen molar-refractivity contribution in [1.29, 1.82) is 0 Å².